The fourth-order valence-corrected chi connectivity index (χ4v) is 3.36. The normalized spacial score (nSPS) is 10.7. The van der Waals surface area contributed by atoms with E-state index in [9.17, 15) is 17.6 Å². The molecule has 0 fully saturated rings. The lowest BCUT2D eigenvalue weighted by molar-refractivity contribution is 0.184. The number of fused-ring (bicyclic) bond motifs is 1. The molecule has 0 N–H and O–H groups in total. The highest BCUT2D eigenvalue weighted by Crippen LogP contribution is 2.28. The summed E-state index contributed by atoms with van der Waals surface area (Å²) in [6.45, 7) is 0.124. The fraction of sp³-hybridized carbons (Fsp3) is 0.0769. The highest BCUT2D eigenvalue weighted by molar-refractivity contribution is 5.84. The Bertz CT molecular complexity index is 1310. The molecule has 0 aliphatic heterocycles. The van der Waals surface area contributed by atoms with E-state index in [1.165, 1.54) is 31.4 Å². The van der Waals surface area contributed by atoms with Gasteiger partial charge >= 0.3 is 0 Å². The summed E-state index contributed by atoms with van der Waals surface area (Å²) in [4.78, 5) is 0. The molecular formula is C26H16F4O. The standard InChI is InChI=1S/C26H16F4O/c1-31-15-18-13-23(28)25(24(29)14-18)19-7-4-16(5-8-19)2-3-17-6-10-21-20(12-17)9-11-22(27)26(21)30/h4-14H,15H2,1H3. The van der Waals surface area contributed by atoms with Gasteiger partial charge in [0.15, 0.2) is 11.6 Å². The van der Waals surface area contributed by atoms with E-state index in [0.717, 1.165) is 6.07 Å². The summed E-state index contributed by atoms with van der Waals surface area (Å²) in [7, 11) is 1.46. The van der Waals surface area contributed by atoms with Crippen LogP contribution >= 0.6 is 0 Å². The Hall–Kier alpha value is -3.62. The summed E-state index contributed by atoms with van der Waals surface area (Å²) in [6, 6.07) is 16.4. The van der Waals surface area contributed by atoms with Gasteiger partial charge in [-0.25, -0.2) is 17.6 Å². The zero-order valence-electron chi connectivity index (χ0n) is 16.5. The average Bonchev–Trinajstić information content (AvgIpc) is 2.75. The molecule has 0 saturated heterocycles. The van der Waals surface area contributed by atoms with E-state index in [4.69, 9.17) is 4.74 Å². The highest BCUT2D eigenvalue weighted by atomic mass is 19.2. The van der Waals surface area contributed by atoms with Crippen molar-refractivity contribution in [3.8, 4) is 23.0 Å². The second kappa shape index (κ2) is 8.63. The fourth-order valence-electron chi connectivity index (χ4n) is 3.36. The molecule has 4 aromatic rings. The van der Waals surface area contributed by atoms with Crippen molar-refractivity contribution in [2.24, 2.45) is 0 Å². The molecule has 0 atom stereocenters. The first kappa shape index (κ1) is 20.6. The number of hydrogen-bond acceptors (Lipinski definition) is 1. The van der Waals surface area contributed by atoms with Crippen molar-refractivity contribution in [1.29, 1.82) is 0 Å². The summed E-state index contributed by atoms with van der Waals surface area (Å²) in [5.41, 5.74) is 1.98. The second-order valence-electron chi connectivity index (χ2n) is 6.99. The van der Waals surface area contributed by atoms with Crippen LogP contribution in [0.15, 0.2) is 66.7 Å². The first-order valence-corrected chi connectivity index (χ1v) is 9.43. The number of hydrogen-bond donors (Lipinski definition) is 0. The van der Waals surface area contributed by atoms with Crippen molar-refractivity contribution in [1.82, 2.24) is 0 Å². The Morgan fingerprint density at radius 2 is 1.35 bits per heavy atom. The molecule has 0 spiro atoms. The van der Waals surface area contributed by atoms with Gasteiger partial charge in [0.1, 0.15) is 11.6 Å². The van der Waals surface area contributed by atoms with Gasteiger partial charge in [-0.1, -0.05) is 36.1 Å². The average molecular weight is 420 g/mol. The zero-order valence-corrected chi connectivity index (χ0v) is 16.5. The molecule has 0 bridgehead atoms. The minimum absolute atomic E-state index is 0.108. The van der Waals surface area contributed by atoms with E-state index < -0.39 is 23.3 Å². The highest BCUT2D eigenvalue weighted by Gasteiger charge is 2.13. The Kier molecular flexibility index (Phi) is 5.75. The van der Waals surface area contributed by atoms with Crippen molar-refractivity contribution in [3.63, 3.8) is 0 Å². The van der Waals surface area contributed by atoms with Crippen LogP contribution in [0.5, 0.6) is 0 Å². The maximum Gasteiger partial charge on any atom is 0.166 e. The first-order valence-electron chi connectivity index (χ1n) is 9.43. The van der Waals surface area contributed by atoms with E-state index in [1.807, 2.05) is 0 Å². The quantitative estimate of drug-likeness (QED) is 0.268. The molecular weight excluding hydrogens is 404 g/mol. The molecule has 5 heteroatoms. The molecule has 4 rings (SSSR count). The molecule has 0 aliphatic carbocycles. The maximum atomic E-state index is 14.4. The van der Waals surface area contributed by atoms with Crippen LogP contribution in [-0.2, 0) is 11.3 Å². The monoisotopic (exact) mass is 420 g/mol. The summed E-state index contributed by atoms with van der Waals surface area (Å²) < 4.78 is 60.8. The van der Waals surface area contributed by atoms with E-state index in [-0.39, 0.29) is 17.6 Å². The molecule has 31 heavy (non-hydrogen) atoms. The van der Waals surface area contributed by atoms with Gasteiger partial charge in [-0.2, -0.15) is 0 Å². The first-order chi connectivity index (χ1) is 15.0. The van der Waals surface area contributed by atoms with Crippen LogP contribution in [0.4, 0.5) is 17.6 Å². The van der Waals surface area contributed by atoms with Crippen molar-refractivity contribution in [2.75, 3.05) is 7.11 Å². The molecule has 1 nitrogen and oxygen atoms in total. The van der Waals surface area contributed by atoms with Gasteiger partial charge in [0.2, 0.25) is 0 Å². The summed E-state index contributed by atoms with van der Waals surface area (Å²) >= 11 is 0. The largest absolute Gasteiger partial charge is 0.380 e. The number of rotatable bonds is 3. The predicted molar refractivity (Wildman–Crippen MR) is 112 cm³/mol. The Morgan fingerprint density at radius 3 is 2.03 bits per heavy atom. The van der Waals surface area contributed by atoms with E-state index in [1.54, 1.807) is 36.4 Å². The molecule has 0 amide bonds. The van der Waals surface area contributed by atoms with Gasteiger partial charge in [-0.15, -0.1) is 0 Å². The lowest BCUT2D eigenvalue weighted by Gasteiger charge is -2.08. The number of halogens is 4. The van der Waals surface area contributed by atoms with Crippen LogP contribution in [0.2, 0.25) is 0 Å². The lowest BCUT2D eigenvalue weighted by atomic mass is 10.0. The van der Waals surface area contributed by atoms with E-state index in [2.05, 4.69) is 11.8 Å². The topological polar surface area (TPSA) is 9.23 Å². The van der Waals surface area contributed by atoms with Crippen molar-refractivity contribution in [3.05, 3.63) is 107 Å². The van der Waals surface area contributed by atoms with Crippen LogP contribution in [0.1, 0.15) is 16.7 Å². The van der Waals surface area contributed by atoms with Gasteiger partial charge in [0, 0.05) is 23.6 Å². The smallest absolute Gasteiger partial charge is 0.166 e. The summed E-state index contributed by atoms with van der Waals surface area (Å²) in [5.74, 6) is 2.82. The van der Waals surface area contributed by atoms with Gasteiger partial charge < -0.3 is 4.74 Å². The number of methoxy groups -OCH3 is 1. The minimum Gasteiger partial charge on any atom is -0.380 e. The minimum atomic E-state index is -0.896. The molecule has 0 unspecified atom stereocenters. The molecule has 0 aliphatic rings. The Balaban J connectivity index is 1.60. The molecule has 0 heterocycles. The molecule has 0 saturated carbocycles. The summed E-state index contributed by atoms with van der Waals surface area (Å²) in [6.07, 6.45) is 0. The maximum absolute atomic E-state index is 14.4. The third kappa shape index (κ3) is 4.30. The third-order valence-corrected chi connectivity index (χ3v) is 4.84. The van der Waals surface area contributed by atoms with Gasteiger partial charge in [0.05, 0.1) is 12.2 Å². The van der Waals surface area contributed by atoms with Gasteiger partial charge in [0.25, 0.3) is 0 Å². The molecule has 0 aromatic heterocycles. The number of ether oxygens (including phenoxy) is 1. The van der Waals surface area contributed by atoms with Crippen LogP contribution in [0.25, 0.3) is 21.9 Å². The molecule has 0 radical (unpaired) electrons. The SMILES string of the molecule is COCc1cc(F)c(-c2ccc(C#Cc3ccc4c(F)c(F)ccc4c3)cc2)c(F)c1. The van der Waals surface area contributed by atoms with Crippen LogP contribution < -0.4 is 0 Å². The zero-order chi connectivity index (χ0) is 22.0. The Labute approximate surface area is 176 Å². The van der Waals surface area contributed by atoms with E-state index >= 15 is 0 Å². The van der Waals surface area contributed by atoms with Crippen LogP contribution in [0.3, 0.4) is 0 Å². The van der Waals surface area contributed by atoms with E-state index in [0.29, 0.717) is 27.6 Å². The summed E-state index contributed by atoms with van der Waals surface area (Å²) in [5, 5.41) is 0.736. The van der Waals surface area contributed by atoms with Crippen molar-refractivity contribution < 1.29 is 22.3 Å². The predicted octanol–water partition coefficient (Wildman–Crippen LogP) is 6.61. The van der Waals surface area contributed by atoms with Crippen LogP contribution in [-0.4, -0.2) is 7.11 Å². The van der Waals surface area contributed by atoms with Gasteiger partial charge in [-0.05, 0) is 59.0 Å². The third-order valence-electron chi connectivity index (χ3n) is 4.84. The van der Waals surface area contributed by atoms with Gasteiger partial charge in [-0.3, -0.25) is 0 Å². The number of benzene rings is 4. The second-order valence-corrected chi connectivity index (χ2v) is 6.99. The lowest BCUT2D eigenvalue weighted by Crippen LogP contribution is -1.96. The molecule has 154 valence electrons. The van der Waals surface area contributed by atoms with Crippen molar-refractivity contribution in [2.45, 2.75) is 6.61 Å². The van der Waals surface area contributed by atoms with Crippen LogP contribution in [0, 0.1) is 35.1 Å². The Morgan fingerprint density at radius 1 is 0.710 bits per heavy atom. The van der Waals surface area contributed by atoms with Crippen molar-refractivity contribution >= 4 is 10.8 Å². The molecule has 4 aromatic carbocycles.